The highest BCUT2D eigenvalue weighted by atomic mass is 19.4. The van der Waals surface area contributed by atoms with Crippen LogP contribution in [0.15, 0.2) is 29.8 Å². The molecule has 0 aromatic heterocycles. The lowest BCUT2D eigenvalue weighted by atomic mass is 10.1. The van der Waals surface area contributed by atoms with Gasteiger partial charge in [0, 0.05) is 5.57 Å². The van der Waals surface area contributed by atoms with E-state index in [-0.39, 0.29) is 16.8 Å². The van der Waals surface area contributed by atoms with Crippen molar-refractivity contribution in [3.05, 3.63) is 41.0 Å². The molecule has 0 bridgehead atoms. The van der Waals surface area contributed by atoms with Crippen molar-refractivity contribution in [1.29, 1.82) is 5.26 Å². The van der Waals surface area contributed by atoms with E-state index in [1.54, 1.807) is 6.07 Å². The van der Waals surface area contributed by atoms with Crippen LogP contribution in [0.1, 0.15) is 18.1 Å². The minimum atomic E-state index is -4.41. The van der Waals surface area contributed by atoms with Crippen LogP contribution in [-0.4, -0.2) is 0 Å². The first-order valence-corrected chi connectivity index (χ1v) is 4.40. The fourth-order valence-electron chi connectivity index (χ4n) is 1.14. The quantitative estimate of drug-likeness (QED) is 0.748. The van der Waals surface area contributed by atoms with E-state index in [1.807, 2.05) is 0 Å². The van der Waals surface area contributed by atoms with Crippen molar-refractivity contribution < 1.29 is 13.2 Å². The van der Waals surface area contributed by atoms with E-state index in [0.29, 0.717) is 0 Å². The number of nitrogens with zero attached hydrogens (tertiary/aromatic N) is 1. The first-order chi connectivity index (χ1) is 7.36. The summed E-state index contributed by atoms with van der Waals surface area (Å²) in [5.74, 6) is 0. The molecule has 2 N–H and O–H groups in total. The third kappa shape index (κ3) is 2.54. The number of nitrogens with two attached hydrogens (primary N) is 1. The third-order valence-corrected chi connectivity index (χ3v) is 2.07. The Balaban J connectivity index is 3.25. The van der Waals surface area contributed by atoms with Crippen molar-refractivity contribution in [3.63, 3.8) is 0 Å². The molecule has 0 fully saturated rings. The smallest absolute Gasteiger partial charge is 0.397 e. The Hall–Kier alpha value is -1.96. The molecule has 0 amide bonds. The van der Waals surface area contributed by atoms with Crippen molar-refractivity contribution in [1.82, 2.24) is 0 Å². The fraction of sp³-hybridized carbons (Fsp3) is 0.182. The second-order valence-electron chi connectivity index (χ2n) is 3.23. The Morgan fingerprint density at radius 1 is 1.38 bits per heavy atom. The van der Waals surface area contributed by atoms with E-state index in [1.165, 1.54) is 19.1 Å². The van der Waals surface area contributed by atoms with Crippen molar-refractivity contribution in [2.24, 2.45) is 5.73 Å². The summed E-state index contributed by atoms with van der Waals surface area (Å²) in [6, 6.07) is 6.37. The Kier molecular flexibility index (Phi) is 3.23. The Morgan fingerprint density at radius 3 is 2.50 bits per heavy atom. The molecular weight excluding hydrogens is 217 g/mol. The van der Waals surface area contributed by atoms with Crippen LogP contribution in [0.4, 0.5) is 13.2 Å². The lowest BCUT2D eigenvalue weighted by Crippen LogP contribution is -2.07. The van der Waals surface area contributed by atoms with E-state index in [4.69, 9.17) is 11.0 Å². The van der Waals surface area contributed by atoms with E-state index >= 15 is 0 Å². The van der Waals surface area contributed by atoms with Gasteiger partial charge in [-0.3, -0.25) is 0 Å². The lowest BCUT2D eigenvalue weighted by molar-refractivity contribution is -0.137. The summed E-state index contributed by atoms with van der Waals surface area (Å²) in [5.41, 5.74) is 5.23. The Labute approximate surface area is 90.8 Å². The molecule has 1 aromatic rings. The molecule has 0 radical (unpaired) electrons. The van der Waals surface area contributed by atoms with Gasteiger partial charge in [-0.15, -0.1) is 0 Å². The van der Waals surface area contributed by atoms with Gasteiger partial charge in [0.1, 0.15) is 0 Å². The van der Waals surface area contributed by atoms with E-state index < -0.39 is 11.7 Å². The minimum absolute atomic E-state index is 0.0635. The number of nitriles is 1. The van der Waals surface area contributed by atoms with Crippen LogP contribution in [0.3, 0.4) is 0 Å². The van der Waals surface area contributed by atoms with Crippen LogP contribution in [0.2, 0.25) is 0 Å². The second kappa shape index (κ2) is 4.27. The van der Waals surface area contributed by atoms with E-state index in [2.05, 4.69) is 0 Å². The number of hydrogen-bond donors (Lipinski definition) is 1. The van der Waals surface area contributed by atoms with Gasteiger partial charge in [0.2, 0.25) is 0 Å². The zero-order valence-corrected chi connectivity index (χ0v) is 8.47. The molecule has 0 aliphatic rings. The maximum Gasteiger partial charge on any atom is 0.416 e. The number of alkyl halides is 3. The molecule has 0 aliphatic carbocycles. The Morgan fingerprint density at radius 2 is 2.00 bits per heavy atom. The number of benzene rings is 1. The highest BCUT2D eigenvalue weighted by molar-refractivity contribution is 5.68. The maximum atomic E-state index is 12.4. The van der Waals surface area contributed by atoms with Crippen LogP contribution in [0.25, 0.3) is 5.70 Å². The molecule has 0 saturated carbocycles. The molecule has 0 heterocycles. The van der Waals surface area contributed by atoms with Gasteiger partial charge in [-0.25, -0.2) is 0 Å². The first kappa shape index (κ1) is 12.1. The van der Waals surface area contributed by atoms with Crippen LogP contribution in [0, 0.1) is 11.3 Å². The van der Waals surface area contributed by atoms with E-state index in [0.717, 1.165) is 12.1 Å². The average molecular weight is 226 g/mol. The molecule has 1 rings (SSSR count). The van der Waals surface area contributed by atoms with Gasteiger partial charge in [0.05, 0.1) is 17.3 Å². The topological polar surface area (TPSA) is 49.8 Å². The molecule has 16 heavy (non-hydrogen) atoms. The zero-order chi connectivity index (χ0) is 12.3. The van der Waals surface area contributed by atoms with Crippen molar-refractivity contribution >= 4 is 5.70 Å². The summed E-state index contributed by atoms with van der Waals surface area (Å²) in [7, 11) is 0. The highest BCUT2D eigenvalue weighted by Gasteiger charge is 2.30. The monoisotopic (exact) mass is 226 g/mol. The predicted molar refractivity (Wildman–Crippen MR) is 53.8 cm³/mol. The zero-order valence-electron chi connectivity index (χ0n) is 8.47. The van der Waals surface area contributed by atoms with Crippen LogP contribution in [0.5, 0.6) is 0 Å². The van der Waals surface area contributed by atoms with Crippen LogP contribution < -0.4 is 5.73 Å². The van der Waals surface area contributed by atoms with Crippen LogP contribution in [-0.2, 0) is 6.18 Å². The first-order valence-electron chi connectivity index (χ1n) is 4.40. The summed E-state index contributed by atoms with van der Waals surface area (Å²) in [4.78, 5) is 0. The summed E-state index contributed by atoms with van der Waals surface area (Å²) >= 11 is 0. The number of allylic oxidation sites excluding steroid dienone is 1. The van der Waals surface area contributed by atoms with E-state index in [9.17, 15) is 13.2 Å². The van der Waals surface area contributed by atoms with Gasteiger partial charge in [-0.1, -0.05) is 12.1 Å². The van der Waals surface area contributed by atoms with Gasteiger partial charge in [0.15, 0.2) is 0 Å². The van der Waals surface area contributed by atoms with Gasteiger partial charge < -0.3 is 5.73 Å². The van der Waals surface area contributed by atoms with Gasteiger partial charge in [-0.2, -0.15) is 18.4 Å². The summed E-state index contributed by atoms with van der Waals surface area (Å²) in [6.45, 7) is 1.45. The lowest BCUT2D eigenvalue weighted by Gasteiger charge is -2.09. The molecule has 0 spiro atoms. The van der Waals surface area contributed by atoms with Gasteiger partial charge in [-0.05, 0) is 24.6 Å². The summed E-state index contributed by atoms with van der Waals surface area (Å²) < 4.78 is 37.2. The highest BCUT2D eigenvalue weighted by Crippen LogP contribution is 2.30. The third-order valence-electron chi connectivity index (χ3n) is 2.07. The molecule has 0 unspecified atom stereocenters. The number of hydrogen-bond acceptors (Lipinski definition) is 2. The van der Waals surface area contributed by atoms with Crippen LogP contribution >= 0.6 is 0 Å². The van der Waals surface area contributed by atoms with Crippen molar-refractivity contribution in [3.8, 4) is 6.07 Å². The average Bonchev–Trinajstić information content (AvgIpc) is 2.26. The number of rotatable bonds is 1. The van der Waals surface area contributed by atoms with Crippen molar-refractivity contribution in [2.45, 2.75) is 13.1 Å². The molecule has 84 valence electrons. The SMILES string of the molecule is C/C(C#N)=C(/N)c1cccc(C(F)(F)F)c1. The van der Waals surface area contributed by atoms with Gasteiger partial charge >= 0.3 is 6.18 Å². The molecule has 2 nitrogen and oxygen atoms in total. The second-order valence-corrected chi connectivity index (χ2v) is 3.23. The van der Waals surface area contributed by atoms with Crippen molar-refractivity contribution in [2.75, 3.05) is 0 Å². The maximum absolute atomic E-state index is 12.4. The summed E-state index contributed by atoms with van der Waals surface area (Å²) in [5, 5.41) is 8.59. The molecule has 0 aliphatic heterocycles. The predicted octanol–water partition coefficient (Wildman–Crippen LogP) is 2.92. The number of halogens is 3. The minimum Gasteiger partial charge on any atom is -0.397 e. The largest absolute Gasteiger partial charge is 0.416 e. The Bertz CT molecular complexity index is 467. The standard InChI is InChI=1S/C11H9F3N2/c1-7(6-15)10(16)8-3-2-4-9(5-8)11(12,13)14/h2-5H,16H2,1H3/b10-7-. The molecular formula is C11H9F3N2. The molecule has 0 saturated heterocycles. The molecule has 5 heteroatoms. The molecule has 0 atom stereocenters. The fourth-order valence-corrected chi connectivity index (χ4v) is 1.14. The molecule has 1 aromatic carbocycles. The normalized spacial score (nSPS) is 12.9. The summed E-state index contributed by atoms with van der Waals surface area (Å²) in [6.07, 6.45) is -4.41. The van der Waals surface area contributed by atoms with Gasteiger partial charge in [0.25, 0.3) is 0 Å².